The normalized spacial score (nSPS) is 25.1. The summed E-state index contributed by atoms with van der Waals surface area (Å²) >= 11 is 6.81. The van der Waals surface area contributed by atoms with Gasteiger partial charge in [0.05, 0.1) is 10.0 Å². The maximum atomic E-state index is 13.5. The molecule has 4 amide bonds. The minimum atomic E-state index is -0.793. The first kappa shape index (κ1) is 24.2. The molecule has 2 aromatic carbocycles. The summed E-state index contributed by atoms with van der Waals surface area (Å²) in [6.45, 7) is 0.0711. The topological polar surface area (TPSA) is 111 Å². The molecule has 37 heavy (non-hydrogen) atoms. The van der Waals surface area contributed by atoms with E-state index in [2.05, 4.69) is 37.2 Å². The van der Waals surface area contributed by atoms with Crippen molar-refractivity contribution in [2.45, 2.75) is 31.7 Å². The van der Waals surface area contributed by atoms with Crippen LogP contribution in [0.15, 0.2) is 44.9 Å². The van der Waals surface area contributed by atoms with Crippen molar-refractivity contribution in [1.82, 2.24) is 10.2 Å². The molecule has 0 aromatic heterocycles. The lowest BCUT2D eigenvalue weighted by atomic mass is 9.93. The number of imide groups is 2. The number of fused-ring (bicyclic) bond motifs is 3. The molecule has 2 bridgehead atoms. The number of amides is 4. The summed E-state index contributed by atoms with van der Waals surface area (Å²) in [5.74, 6) is -0.267. The third-order valence-electron chi connectivity index (χ3n) is 7.31. The zero-order valence-electron chi connectivity index (χ0n) is 19.3. The number of rotatable bonds is 4. The minimum Gasteiger partial charge on any atom is -0.454 e. The second-order valence-electron chi connectivity index (χ2n) is 9.50. The number of halogens is 2. The number of barbiturate groups is 1. The molecule has 4 aliphatic rings. The molecule has 190 valence electrons. The number of ether oxygens (including phenoxy) is 3. The fourth-order valence-electron chi connectivity index (χ4n) is 5.63. The molecular weight excluding hydrogens is 612 g/mol. The molecule has 0 spiro atoms. The van der Waals surface area contributed by atoms with Gasteiger partial charge in [-0.25, -0.2) is 9.59 Å². The van der Waals surface area contributed by atoms with E-state index in [-0.39, 0.29) is 35.6 Å². The Balaban J connectivity index is 1.33. The van der Waals surface area contributed by atoms with Gasteiger partial charge in [-0.05, 0) is 83.4 Å². The molecule has 1 N–H and O–H groups in total. The molecule has 3 atom stereocenters. The highest BCUT2D eigenvalue weighted by Gasteiger charge is 2.49. The SMILES string of the molecule is O=C1NC(=O)N([C@@H]2C[C@H]3CC[C@H]2C3)C(=O)/C1=C\c1cc(Br)cc(Br)c1OC(=O)c1ccc2c(c1)OCO2. The van der Waals surface area contributed by atoms with Gasteiger partial charge in [0.15, 0.2) is 17.2 Å². The van der Waals surface area contributed by atoms with Crippen LogP contribution in [0.4, 0.5) is 4.79 Å². The second kappa shape index (κ2) is 9.29. The van der Waals surface area contributed by atoms with Crippen molar-refractivity contribution >= 4 is 61.8 Å². The van der Waals surface area contributed by atoms with Crippen molar-refractivity contribution in [2.24, 2.45) is 11.8 Å². The quantitative estimate of drug-likeness (QED) is 0.223. The van der Waals surface area contributed by atoms with E-state index in [0.29, 0.717) is 31.9 Å². The standard InChI is InChI=1S/C26H20Br2N2O7/c27-16-7-15(22(18(28)10-16)37-25(33)14-3-4-20-21(9-14)36-11-35-20)8-17-23(31)29-26(34)30(24(17)32)19-6-12-1-2-13(19)5-12/h3-4,7-10,12-13,19H,1-2,5-6,11H2,(H,29,31,34)/b17-8-/t12-,13-,19+/m0/s1. The molecule has 0 unspecified atom stereocenters. The van der Waals surface area contributed by atoms with Gasteiger partial charge < -0.3 is 14.2 Å². The van der Waals surface area contributed by atoms with Gasteiger partial charge >= 0.3 is 12.0 Å². The molecule has 2 aliphatic carbocycles. The van der Waals surface area contributed by atoms with Crippen LogP contribution in [0, 0.1) is 11.8 Å². The van der Waals surface area contributed by atoms with Crippen LogP contribution >= 0.6 is 31.9 Å². The van der Waals surface area contributed by atoms with Gasteiger partial charge in [0.2, 0.25) is 6.79 Å². The fourth-order valence-corrected chi connectivity index (χ4v) is 6.96. The predicted molar refractivity (Wildman–Crippen MR) is 137 cm³/mol. The van der Waals surface area contributed by atoms with Crippen LogP contribution < -0.4 is 19.5 Å². The smallest absolute Gasteiger partial charge is 0.343 e. The molecule has 3 fully saturated rings. The van der Waals surface area contributed by atoms with Crippen LogP contribution in [0.2, 0.25) is 0 Å². The Morgan fingerprint density at radius 1 is 1.05 bits per heavy atom. The number of carbonyl (C=O) groups is 4. The zero-order chi connectivity index (χ0) is 25.8. The number of hydrogen-bond acceptors (Lipinski definition) is 7. The van der Waals surface area contributed by atoms with Crippen LogP contribution in [-0.4, -0.2) is 41.5 Å². The molecule has 6 rings (SSSR count). The Labute approximate surface area is 228 Å². The van der Waals surface area contributed by atoms with Gasteiger partial charge in [0.25, 0.3) is 11.8 Å². The van der Waals surface area contributed by atoms with Crippen LogP contribution in [0.1, 0.15) is 41.6 Å². The highest BCUT2D eigenvalue weighted by Crippen LogP contribution is 2.47. The average Bonchev–Trinajstić information content (AvgIpc) is 3.60. The van der Waals surface area contributed by atoms with E-state index in [4.69, 9.17) is 14.2 Å². The van der Waals surface area contributed by atoms with Crippen LogP contribution in [-0.2, 0) is 9.59 Å². The molecule has 2 heterocycles. The number of nitrogens with one attached hydrogen (secondary N) is 1. The predicted octanol–water partition coefficient (Wildman–Crippen LogP) is 4.81. The van der Waals surface area contributed by atoms with Crippen molar-refractivity contribution < 1.29 is 33.4 Å². The second-order valence-corrected chi connectivity index (χ2v) is 11.3. The van der Waals surface area contributed by atoms with E-state index in [1.807, 2.05) is 0 Å². The van der Waals surface area contributed by atoms with Crippen molar-refractivity contribution in [3.8, 4) is 17.2 Å². The Hall–Kier alpha value is -3.18. The van der Waals surface area contributed by atoms with E-state index >= 15 is 0 Å². The molecule has 11 heteroatoms. The molecule has 1 saturated heterocycles. The Morgan fingerprint density at radius 2 is 1.86 bits per heavy atom. The van der Waals surface area contributed by atoms with Gasteiger partial charge in [-0.1, -0.05) is 22.4 Å². The van der Waals surface area contributed by atoms with Crippen LogP contribution in [0.25, 0.3) is 6.08 Å². The number of nitrogens with zero attached hydrogens (tertiary/aromatic N) is 1. The van der Waals surface area contributed by atoms with E-state index in [1.165, 1.54) is 17.0 Å². The summed E-state index contributed by atoms with van der Waals surface area (Å²) in [5.41, 5.74) is 0.334. The lowest BCUT2D eigenvalue weighted by Crippen LogP contribution is -2.58. The molecule has 2 aliphatic heterocycles. The maximum Gasteiger partial charge on any atom is 0.343 e. The van der Waals surface area contributed by atoms with E-state index in [0.717, 1.165) is 25.7 Å². The first-order valence-corrected chi connectivity index (χ1v) is 13.4. The highest BCUT2D eigenvalue weighted by molar-refractivity contribution is 9.11. The van der Waals surface area contributed by atoms with Crippen molar-refractivity contribution in [3.63, 3.8) is 0 Å². The Kier molecular flexibility index (Phi) is 6.07. The van der Waals surface area contributed by atoms with Crippen LogP contribution in [0.5, 0.6) is 17.2 Å². The average molecular weight is 632 g/mol. The lowest BCUT2D eigenvalue weighted by Gasteiger charge is -2.35. The number of esters is 1. The van der Waals surface area contributed by atoms with Gasteiger partial charge in [0, 0.05) is 16.1 Å². The Morgan fingerprint density at radius 3 is 2.62 bits per heavy atom. The largest absolute Gasteiger partial charge is 0.454 e. The first-order chi connectivity index (χ1) is 17.8. The van der Waals surface area contributed by atoms with E-state index < -0.39 is 23.8 Å². The number of benzene rings is 2. The third-order valence-corrected chi connectivity index (χ3v) is 8.35. The fraction of sp³-hybridized carbons (Fsp3) is 0.308. The molecular formula is C26H20Br2N2O7. The zero-order valence-corrected chi connectivity index (χ0v) is 22.5. The minimum absolute atomic E-state index is 0.0711. The van der Waals surface area contributed by atoms with Gasteiger partial charge in [-0.2, -0.15) is 0 Å². The summed E-state index contributed by atoms with van der Waals surface area (Å²) in [7, 11) is 0. The third kappa shape index (κ3) is 4.33. The summed E-state index contributed by atoms with van der Waals surface area (Å²) in [6, 6.07) is 7.08. The maximum absolute atomic E-state index is 13.5. The van der Waals surface area contributed by atoms with Crippen molar-refractivity contribution in [3.05, 3.63) is 56.0 Å². The Bertz CT molecular complexity index is 1410. The number of hydrogen-bond donors (Lipinski definition) is 1. The molecule has 2 saturated carbocycles. The highest BCUT2D eigenvalue weighted by atomic mass is 79.9. The number of urea groups is 1. The molecule has 0 radical (unpaired) electrons. The van der Waals surface area contributed by atoms with Gasteiger partial charge in [-0.3, -0.25) is 19.8 Å². The summed E-state index contributed by atoms with van der Waals surface area (Å²) in [6.07, 6.45) is 5.18. The van der Waals surface area contributed by atoms with Gasteiger partial charge in [0.1, 0.15) is 5.57 Å². The van der Waals surface area contributed by atoms with Crippen molar-refractivity contribution in [2.75, 3.05) is 6.79 Å². The van der Waals surface area contributed by atoms with Gasteiger partial charge in [-0.15, -0.1) is 0 Å². The van der Waals surface area contributed by atoms with E-state index in [9.17, 15) is 19.2 Å². The van der Waals surface area contributed by atoms with Crippen LogP contribution in [0.3, 0.4) is 0 Å². The molecule has 2 aromatic rings. The lowest BCUT2D eigenvalue weighted by molar-refractivity contribution is -0.132. The van der Waals surface area contributed by atoms with E-state index in [1.54, 1.807) is 24.3 Å². The first-order valence-electron chi connectivity index (χ1n) is 11.8. The summed E-state index contributed by atoms with van der Waals surface area (Å²) in [5, 5.41) is 2.31. The summed E-state index contributed by atoms with van der Waals surface area (Å²) in [4.78, 5) is 53.1. The monoisotopic (exact) mass is 630 g/mol. The summed E-state index contributed by atoms with van der Waals surface area (Å²) < 4.78 is 17.4. The van der Waals surface area contributed by atoms with Crippen molar-refractivity contribution in [1.29, 1.82) is 0 Å². The molecule has 9 nitrogen and oxygen atoms in total. The number of carbonyl (C=O) groups excluding carboxylic acids is 4.